The normalized spacial score (nSPS) is 19.7. The maximum Gasteiger partial charge on any atom is 0.126 e. The van der Waals surface area contributed by atoms with E-state index in [0.29, 0.717) is 6.04 Å². The van der Waals surface area contributed by atoms with Gasteiger partial charge in [-0.2, -0.15) is 0 Å². The first-order valence-electron chi connectivity index (χ1n) is 7.34. The van der Waals surface area contributed by atoms with Gasteiger partial charge in [-0.05, 0) is 54.8 Å². The van der Waals surface area contributed by atoms with Gasteiger partial charge in [-0.1, -0.05) is 32.9 Å². The molecule has 106 valence electrons. The van der Waals surface area contributed by atoms with Gasteiger partial charge in [0.1, 0.15) is 5.75 Å². The van der Waals surface area contributed by atoms with Gasteiger partial charge in [0, 0.05) is 6.04 Å². The highest BCUT2D eigenvalue weighted by molar-refractivity contribution is 5.49. The molecule has 1 aromatic rings. The number of hydrogen-bond donors (Lipinski definition) is 1. The summed E-state index contributed by atoms with van der Waals surface area (Å²) in [4.78, 5) is 0. The van der Waals surface area contributed by atoms with Crippen LogP contribution in [0, 0.1) is 6.92 Å². The molecule has 2 rings (SSSR count). The lowest BCUT2D eigenvalue weighted by Crippen LogP contribution is -2.25. The van der Waals surface area contributed by atoms with Crippen molar-refractivity contribution < 1.29 is 4.74 Å². The van der Waals surface area contributed by atoms with Crippen molar-refractivity contribution in [1.82, 2.24) is 5.32 Å². The summed E-state index contributed by atoms with van der Waals surface area (Å²) in [5, 5.41) is 3.59. The average Bonchev–Trinajstić information content (AvgIpc) is 2.82. The average molecular weight is 261 g/mol. The maximum absolute atomic E-state index is 5.77. The van der Waals surface area contributed by atoms with E-state index in [-0.39, 0.29) is 5.41 Å². The third-order valence-electron chi connectivity index (χ3n) is 4.12. The van der Waals surface area contributed by atoms with Crippen molar-refractivity contribution in [1.29, 1.82) is 0 Å². The first-order valence-corrected chi connectivity index (χ1v) is 7.34. The maximum atomic E-state index is 5.77. The zero-order valence-electron chi connectivity index (χ0n) is 13.0. The number of rotatable bonds is 3. The zero-order valence-corrected chi connectivity index (χ0v) is 13.0. The SMILES string of the molecule is COc1c(C(C)(C)C)ccc(C)c1CC1CCCN1. The van der Waals surface area contributed by atoms with Gasteiger partial charge in [0.2, 0.25) is 0 Å². The molecule has 1 atom stereocenters. The summed E-state index contributed by atoms with van der Waals surface area (Å²) in [5.74, 6) is 1.10. The van der Waals surface area contributed by atoms with Crippen molar-refractivity contribution >= 4 is 0 Å². The highest BCUT2D eigenvalue weighted by Gasteiger charge is 2.24. The number of benzene rings is 1. The Morgan fingerprint density at radius 1 is 1.32 bits per heavy atom. The number of ether oxygens (including phenoxy) is 1. The molecule has 1 fully saturated rings. The molecule has 1 saturated heterocycles. The van der Waals surface area contributed by atoms with Gasteiger partial charge in [0.15, 0.2) is 0 Å². The first-order chi connectivity index (χ1) is 8.93. The van der Waals surface area contributed by atoms with Crippen LogP contribution in [0.5, 0.6) is 5.75 Å². The van der Waals surface area contributed by atoms with Crippen molar-refractivity contribution in [3.05, 3.63) is 28.8 Å². The molecular weight excluding hydrogens is 234 g/mol. The van der Waals surface area contributed by atoms with Crippen LogP contribution in [0.1, 0.15) is 50.3 Å². The fourth-order valence-corrected chi connectivity index (χ4v) is 2.98. The summed E-state index contributed by atoms with van der Waals surface area (Å²) in [6.07, 6.45) is 3.66. The molecule has 0 saturated carbocycles. The zero-order chi connectivity index (χ0) is 14.0. The lowest BCUT2D eigenvalue weighted by atomic mass is 9.83. The fourth-order valence-electron chi connectivity index (χ4n) is 2.98. The molecule has 1 unspecified atom stereocenters. The second-order valence-electron chi connectivity index (χ2n) is 6.69. The molecule has 0 spiro atoms. The molecule has 0 amide bonds. The third kappa shape index (κ3) is 3.11. The predicted molar refractivity (Wildman–Crippen MR) is 81.2 cm³/mol. The molecule has 2 nitrogen and oxygen atoms in total. The summed E-state index contributed by atoms with van der Waals surface area (Å²) in [6, 6.07) is 5.08. The second-order valence-corrected chi connectivity index (χ2v) is 6.69. The van der Waals surface area contributed by atoms with Crippen molar-refractivity contribution in [2.75, 3.05) is 13.7 Å². The summed E-state index contributed by atoms with van der Waals surface area (Å²) in [7, 11) is 1.80. The Morgan fingerprint density at radius 2 is 2.05 bits per heavy atom. The molecule has 1 aliphatic heterocycles. The van der Waals surface area contributed by atoms with Crippen LogP contribution in [0.4, 0.5) is 0 Å². The van der Waals surface area contributed by atoms with Crippen LogP contribution in [-0.4, -0.2) is 19.7 Å². The van der Waals surface area contributed by atoms with Crippen molar-refractivity contribution in [3.8, 4) is 5.75 Å². The summed E-state index contributed by atoms with van der Waals surface area (Å²) in [5.41, 5.74) is 4.16. The largest absolute Gasteiger partial charge is 0.496 e. The van der Waals surface area contributed by atoms with E-state index in [1.807, 2.05) is 0 Å². The minimum atomic E-state index is 0.122. The molecule has 2 heteroatoms. The van der Waals surface area contributed by atoms with E-state index >= 15 is 0 Å². The molecule has 0 aromatic heterocycles. The molecule has 1 heterocycles. The van der Waals surface area contributed by atoms with Crippen LogP contribution in [0.15, 0.2) is 12.1 Å². The summed E-state index contributed by atoms with van der Waals surface area (Å²) in [6.45, 7) is 10.1. The van der Waals surface area contributed by atoms with E-state index in [4.69, 9.17) is 4.74 Å². The van der Waals surface area contributed by atoms with Gasteiger partial charge in [-0.25, -0.2) is 0 Å². The van der Waals surface area contributed by atoms with Crippen LogP contribution < -0.4 is 10.1 Å². The predicted octanol–water partition coefficient (Wildman–Crippen LogP) is 3.60. The van der Waals surface area contributed by atoms with Gasteiger partial charge in [0.05, 0.1) is 7.11 Å². The number of nitrogens with one attached hydrogen (secondary N) is 1. The van der Waals surface area contributed by atoms with Crippen molar-refractivity contribution in [2.24, 2.45) is 0 Å². The van der Waals surface area contributed by atoms with Crippen LogP contribution in [-0.2, 0) is 11.8 Å². The van der Waals surface area contributed by atoms with E-state index in [1.54, 1.807) is 7.11 Å². The van der Waals surface area contributed by atoms with Gasteiger partial charge >= 0.3 is 0 Å². The summed E-state index contributed by atoms with van der Waals surface area (Å²) >= 11 is 0. The van der Waals surface area contributed by atoms with Crippen molar-refractivity contribution in [3.63, 3.8) is 0 Å². The summed E-state index contributed by atoms with van der Waals surface area (Å²) < 4.78 is 5.77. The van der Waals surface area contributed by atoms with Gasteiger partial charge < -0.3 is 10.1 Å². The Labute approximate surface area is 117 Å². The van der Waals surface area contributed by atoms with Gasteiger partial charge in [0.25, 0.3) is 0 Å². The van der Waals surface area contributed by atoms with Crippen LogP contribution in [0.2, 0.25) is 0 Å². The van der Waals surface area contributed by atoms with E-state index in [2.05, 4.69) is 45.1 Å². The minimum Gasteiger partial charge on any atom is -0.496 e. The topological polar surface area (TPSA) is 21.3 Å². The minimum absolute atomic E-state index is 0.122. The van der Waals surface area contributed by atoms with E-state index in [1.165, 1.54) is 29.5 Å². The molecule has 0 bridgehead atoms. The molecule has 0 radical (unpaired) electrons. The second kappa shape index (κ2) is 5.54. The van der Waals surface area contributed by atoms with Crippen LogP contribution in [0.3, 0.4) is 0 Å². The molecule has 1 N–H and O–H groups in total. The van der Waals surface area contributed by atoms with Crippen molar-refractivity contribution in [2.45, 2.75) is 58.4 Å². The molecule has 19 heavy (non-hydrogen) atoms. The third-order valence-corrected chi connectivity index (χ3v) is 4.12. The Kier molecular flexibility index (Phi) is 4.19. The van der Waals surface area contributed by atoms with Gasteiger partial charge in [-0.15, -0.1) is 0 Å². The van der Waals surface area contributed by atoms with E-state index in [9.17, 15) is 0 Å². The first kappa shape index (κ1) is 14.4. The fraction of sp³-hybridized carbons (Fsp3) is 0.647. The highest BCUT2D eigenvalue weighted by Crippen LogP contribution is 2.36. The number of hydrogen-bond acceptors (Lipinski definition) is 2. The van der Waals surface area contributed by atoms with E-state index < -0.39 is 0 Å². The van der Waals surface area contributed by atoms with E-state index in [0.717, 1.165) is 18.7 Å². The lowest BCUT2D eigenvalue weighted by Gasteiger charge is -2.26. The Bertz CT molecular complexity index is 439. The van der Waals surface area contributed by atoms with Crippen LogP contribution >= 0.6 is 0 Å². The molecular formula is C17H27NO. The van der Waals surface area contributed by atoms with Crippen LogP contribution in [0.25, 0.3) is 0 Å². The lowest BCUT2D eigenvalue weighted by molar-refractivity contribution is 0.389. The number of aryl methyl sites for hydroxylation is 1. The Balaban J connectivity index is 2.39. The molecule has 1 aliphatic rings. The molecule has 0 aliphatic carbocycles. The Morgan fingerprint density at radius 3 is 2.58 bits per heavy atom. The standard InChI is InChI=1S/C17H27NO/c1-12-8-9-15(17(2,3)4)16(19-5)14(12)11-13-7-6-10-18-13/h8-9,13,18H,6-7,10-11H2,1-5H3. The number of methoxy groups -OCH3 is 1. The van der Waals surface area contributed by atoms with Gasteiger partial charge in [-0.3, -0.25) is 0 Å². The molecule has 1 aromatic carbocycles. The quantitative estimate of drug-likeness (QED) is 0.897. The monoisotopic (exact) mass is 261 g/mol. The highest BCUT2D eigenvalue weighted by atomic mass is 16.5. The smallest absolute Gasteiger partial charge is 0.126 e. The Hall–Kier alpha value is -1.02.